The highest BCUT2D eigenvalue weighted by Crippen LogP contribution is 2.31. The lowest BCUT2D eigenvalue weighted by atomic mass is 10.8. The minimum atomic E-state index is -2.70. The number of nitrogens with one attached hydrogen (secondary N) is 2. The molecular formula is C2H8N2O3S. The van der Waals surface area contributed by atoms with Gasteiger partial charge in [0.1, 0.15) is 12.3 Å². The fourth-order valence-electron chi connectivity index (χ4n) is 0.519. The van der Waals surface area contributed by atoms with Gasteiger partial charge in [0.25, 0.3) is 0 Å². The van der Waals surface area contributed by atoms with Gasteiger partial charge < -0.3 is 5.21 Å². The Hall–Kier alpha value is 0.150. The minimum Gasteiger partial charge on any atom is -0.612 e. The molecular weight excluding hydrogens is 132 g/mol. The van der Waals surface area contributed by atoms with E-state index < -0.39 is 10.8 Å². The molecule has 0 amide bonds. The molecule has 6 heteroatoms. The Balaban J connectivity index is 2.44. The van der Waals surface area contributed by atoms with Crippen LogP contribution in [0.15, 0.2) is 0 Å². The molecule has 0 radical (unpaired) electrons. The average molecular weight is 140 g/mol. The van der Waals surface area contributed by atoms with Crippen molar-refractivity contribution in [1.29, 1.82) is 0 Å². The normalized spacial score (nSPS) is 39.6. The molecule has 4 N–H and O–H groups in total. The molecule has 0 aromatic heterocycles. The van der Waals surface area contributed by atoms with Gasteiger partial charge in [0.2, 0.25) is 0 Å². The Bertz CT molecular complexity index is 97.3. The summed E-state index contributed by atoms with van der Waals surface area (Å²) in [6.07, 6.45) is 0. The van der Waals surface area contributed by atoms with Crippen LogP contribution in [0.4, 0.5) is 0 Å². The summed E-state index contributed by atoms with van der Waals surface area (Å²) in [7, 11) is -2.70. The summed E-state index contributed by atoms with van der Waals surface area (Å²) in [6, 6.07) is 0. The van der Waals surface area contributed by atoms with Gasteiger partial charge in [-0.15, -0.1) is 0 Å². The van der Waals surface area contributed by atoms with E-state index in [4.69, 9.17) is 9.11 Å². The molecule has 1 rings (SSSR count). The van der Waals surface area contributed by atoms with Crippen molar-refractivity contribution >= 4 is 10.8 Å². The number of quaternary nitrogens is 1. The van der Waals surface area contributed by atoms with E-state index >= 15 is 0 Å². The number of hydrogen-bond acceptors (Lipinski definition) is 4. The standard InChI is InChI=1S/C2H8N2O3S/c5-4-1-2-8(6,7)3-4/h3-4,6-7H,1-2H2. The summed E-state index contributed by atoms with van der Waals surface area (Å²) in [4.78, 5) is 2.05. The molecule has 0 aromatic rings. The van der Waals surface area contributed by atoms with Gasteiger partial charge >= 0.3 is 0 Å². The maximum absolute atomic E-state index is 10.2. The van der Waals surface area contributed by atoms with Crippen LogP contribution in [0.1, 0.15) is 0 Å². The van der Waals surface area contributed by atoms with Crippen LogP contribution in [0.3, 0.4) is 0 Å². The topological polar surface area (TPSA) is 80.0 Å². The molecule has 0 spiro atoms. The van der Waals surface area contributed by atoms with Crippen molar-refractivity contribution in [2.24, 2.45) is 0 Å². The highest BCUT2D eigenvalue weighted by atomic mass is 32.3. The first-order valence-electron chi connectivity index (χ1n) is 2.17. The van der Waals surface area contributed by atoms with E-state index in [0.717, 1.165) is 0 Å². The average Bonchev–Trinajstić information content (AvgIpc) is 1.82. The first-order valence-corrected chi connectivity index (χ1v) is 3.88. The summed E-state index contributed by atoms with van der Waals surface area (Å²) >= 11 is 0. The molecule has 1 saturated heterocycles. The lowest BCUT2D eigenvalue weighted by Gasteiger charge is -2.24. The Morgan fingerprint density at radius 2 is 2.25 bits per heavy atom. The molecule has 0 saturated carbocycles. The van der Waals surface area contributed by atoms with Gasteiger partial charge in [-0.1, -0.05) is 15.6 Å². The molecule has 1 fully saturated rings. The molecule has 0 aliphatic carbocycles. The first kappa shape index (κ1) is 6.27. The molecule has 1 aliphatic rings. The second-order valence-corrected chi connectivity index (χ2v) is 3.59. The molecule has 5 nitrogen and oxygen atoms in total. The van der Waals surface area contributed by atoms with Crippen LogP contribution in [0.5, 0.6) is 0 Å². The van der Waals surface area contributed by atoms with Crippen molar-refractivity contribution < 1.29 is 14.3 Å². The minimum absolute atomic E-state index is 0.172. The zero-order valence-electron chi connectivity index (χ0n) is 4.13. The van der Waals surface area contributed by atoms with Gasteiger partial charge in [-0.05, 0) is 0 Å². The molecule has 1 heterocycles. The van der Waals surface area contributed by atoms with E-state index in [0.29, 0.717) is 0 Å². The summed E-state index contributed by atoms with van der Waals surface area (Å²) in [5.74, 6) is 0.172. The van der Waals surface area contributed by atoms with E-state index in [1.807, 2.05) is 4.83 Å². The highest BCUT2D eigenvalue weighted by molar-refractivity contribution is 8.22. The molecule has 50 valence electrons. The van der Waals surface area contributed by atoms with E-state index in [2.05, 4.69) is 0 Å². The number of hydroxylamine groups is 1. The third kappa shape index (κ3) is 1.31. The first-order chi connectivity index (χ1) is 3.60. The largest absolute Gasteiger partial charge is 0.612 e. The second-order valence-electron chi connectivity index (χ2n) is 1.65. The van der Waals surface area contributed by atoms with Crippen LogP contribution in [0.2, 0.25) is 0 Å². The van der Waals surface area contributed by atoms with Crippen molar-refractivity contribution in [1.82, 2.24) is 4.83 Å². The predicted molar refractivity (Wildman–Crippen MR) is 30.0 cm³/mol. The maximum atomic E-state index is 10.2. The van der Waals surface area contributed by atoms with Crippen LogP contribution >= 0.6 is 10.8 Å². The summed E-state index contributed by atoms with van der Waals surface area (Å²) in [5.41, 5.74) is 0. The van der Waals surface area contributed by atoms with Gasteiger partial charge in [-0.3, -0.25) is 14.3 Å². The fourth-order valence-corrected chi connectivity index (χ4v) is 1.56. The van der Waals surface area contributed by atoms with Gasteiger partial charge in [0, 0.05) is 0 Å². The zero-order chi connectivity index (χ0) is 6.20. The van der Waals surface area contributed by atoms with Crippen LogP contribution < -0.4 is 10.0 Å². The smallest absolute Gasteiger partial charge is 0.115 e. The highest BCUT2D eigenvalue weighted by Gasteiger charge is 2.23. The quantitative estimate of drug-likeness (QED) is 0.310. The van der Waals surface area contributed by atoms with Gasteiger partial charge in [0.05, 0.1) is 0 Å². The fraction of sp³-hybridized carbons (Fsp3) is 1.00. The molecule has 0 aromatic carbocycles. The van der Waals surface area contributed by atoms with Gasteiger partial charge in [-0.25, -0.2) is 0 Å². The molecule has 1 unspecified atom stereocenters. The Morgan fingerprint density at radius 3 is 2.38 bits per heavy atom. The van der Waals surface area contributed by atoms with Crippen molar-refractivity contribution in [3.8, 4) is 0 Å². The third-order valence-corrected chi connectivity index (χ3v) is 2.22. The molecule has 8 heavy (non-hydrogen) atoms. The SMILES string of the molecule is [O-][NH+]1CCS(O)(O)N1. The van der Waals surface area contributed by atoms with Crippen LogP contribution in [-0.2, 0) is 0 Å². The molecule has 1 atom stereocenters. The lowest BCUT2D eigenvalue weighted by molar-refractivity contribution is -0.872. The van der Waals surface area contributed by atoms with E-state index in [9.17, 15) is 5.21 Å². The number of hydrogen-bond donors (Lipinski definition) is 4. The van der Waals surface area contributed by atoms with Crippen molar-refractivity contribution in [2.75, 3.05) is 12.3 Å². The molecule has 0 bridgehead atoms. The Labute approximate surface area is 48.3 Å². The van der Waals surface area contributed by atoms with E-state index in [1.165, 1.54) is 0 Å². The van der Waals surface area contributed by atoms with E-state index in [1.54, 1.807) is 0 Å². The third-order valence-electron chi connectivity index (χ3n) is 0.891. The maximum Gasteiger partial charge on any atom is 0.115 e. The van der Waals surface area contributed by atoms with Gasteiger partial charge in [-0.2, -0.15) is 0 Å². The van der Waals surface area contributed by atoms with Crippen LogP contribution in [0.25, 0.3) is 0 Å². The lowest BCUT2D eigenvalue weighted by Crippen LogP contribution is -3.11. The zero-order valence-corrected chi connectivity index (χ0v) is 4.94. The van der Waals surface area contributed by atoms with Crippen molar-refractivity contribution in [3.63, 3.8) is 0 Å². The van der Waals surface area contributed by atoms with E-state index in [-0.39, 0.29) is 17.5 Å². The van der Waals surface area contributed by atoms with Crippen molar-refractivity contribution in [2.45, 2.75) is 0 Å². The Morgan fingerprint density at radius 1 is 1.62 bits per heavy atom. The van der Waals surface area contributed by atoms with Crippen molar-refractivity contribution in [3.05, 3.63) is 5.21 Å². The summed E-state index contributed by atoms with van der Waals surface area (Å²) in [5, 5.41) is 9.98. The summed E-state index contributed by atoms with van der Waals surface area (Å²) < 4.78 is 17.3. The predicted octanol–water partition coefficient (Wildman–Crippen LogP) is -1.45. The number of rotatable bonds is 0. The second kappa shape index (κ2) is 1.83. The Kier molecular flexibility index (Phi) is 1.44. The van der Waals surface area contributed by atoms with Crippen LogP contribution in [-0.4, -0.2) is 21.4 Å². The van der Waals surface area contributed by atoms with Gasteiger partial charge in [0.15, 0.2) is 0 Å². The summed E-state index contributed by atoms with van der Waals surface area (Å²) in [6.45, 7) is 0.238. The monoisotopic (exact) mass is 140 g/mol. The molecule has 1 aliphatic heterocycles. The van der Waals surface area contributed by atoms with Crippen LogP contribution in [0, 0.1) is 5.21 Å².